The summed E-state index contributed by atoms with van der Waals surface area (Å²) in [6.45, 7) is 1.94. The fourth-order valence-corrected chi connectivity index (χ4v) is 3.23. The summed E-state index contributed by atoms with van der Waals surface area (Å²) in [5.41, 5.74) is 2.46. The minimum Gasteiger partial charge on any atom is -0.338 e. The highest BCUT2D eigenvalue weighted by Crippen LogP contribution is 2.23. The number of amides is 1. The summed E-state index contributed by atoms with van der Waals surface area (Å²) in [5, 5.41) is 7.90. The molecule has 0 fully saturated rings. The van der Waals surface area contributed by atoms with Crippen LogP contribution in [0, 0.1) is 6.92 Å². The molecule has 1 aromatic heterocycles. The first-order valence-electron chi connectivity index (χ1n) is 7.73. The zero-order valence-electron chi connectivity index (χ0n) is 13.8. The summed E-state index contributed by atoms with van der Waals surface area (Å²) >= 11 is 13.4. The Bertz CT molecular complexity index is 913. The molecule has 5 nitrogen and oxygen atoms in total. The van der Waals surface area contributed by atoms with E-state index in [1.54, 1.807) is 24.3 Å². The molecule has 8 heteroatoms. The number of hydrogen-bond acceptors (Lipinski definition) is 5. The van der Waals surface area contributed by atoms with Crippen LogP contribution >= 0.6 is 35.0 Å². The topological polar surface area (TPSA) is 68.0 Å². The molecule has 0 radical (unpaired) electrons. The lowest BCUT2D eigenvalue weighted by molar-refractivity contribution is -0.113. The second kappa shape index (κ2) is 8.58. The third-order valence-corrected chi connectivity index (χ3v) is 4.91. The molecule has 3 aromatic rings. The Morgan fingerprint density at radius 3 is 2.69 bits per heavy atom. The van der Waals surface area contributed by atoms with Gasteiger partial charge < -0.3 is 9.84 Å². The van der Waals surface area contributed by atoms with Gasteiger partial charge in [-0.15, -0.1) is 11.8 Å². The summed E-state index contributed by atoms with van der Waals surface area (Å²) in [4.78, 5) is 16.3. The van der Waals surface area contributed by atoms with Crippen molar-refractivity contribution >= 4 is 46.6 Å². The number of aryl methyl sites for hydroxylation is 1. The van der Waals surface area contributed by atoms with Crippen molar-refractivity contribution in [3.05, 3.63) is 64.0 Å². The molecule has 0 saturated heterocycles. The third kappa shape index (κ3) is 5.00. The number of carbonyl (C=O) groups excluding carboxylic acids is 1. The van der Waals surface area contributed by atoms with Gasteiger partial charge in [-0.2, -0.15) is 4.98 Å². The lowest BCUT2D eigenvalue weighted by Gasteiger charge is -2.07. The number of aromatic nitrogens is 2. The molecule has 0 unspecified atom stereocenters. The number of anilines is 1. The maximum absolute atomic E-state index is 12.0. The Hall–Kier alpha value is -2.02. The second-order valence-corrected chi connectivity index (χ2v) is 7.37. The van der Waals surface area contributed by atoms with Gasteiger partial charge in [-0.1, -0.05) is 34.4 Å². The van der Waals surface area contributed by atoms with E-state index in [9.17, 15) is 4.79 Å². The van der Waals surface area contributed by atoms with Gasteiger partial charge in [-0.25, -0.2) is 0 Å². The van der Waals surface area contributed by atoms with Crippen LogP contribution in [-0.2, 0) is 10.5 Å². The molecule has 134 valence electrons. The number of nitrogens with one attached hydrogen (secondary N) is 1. The van der Waals surface area contributed by atoms with E-state index in [0.29, 0.717) is 33.2 Å². The van der Waals surface area contributed by atoms with Crippen LogP contribution in [0.1, 0.15) is 11.5 Å². The second-order valence-electron chi connectivity index (χ2n) is 5.54. The zero-order chi connectivity index (χ0) is 18.5. The zero-order valence-corrected chi connectivity index (χ0v) is 16.2. The van der Waals surface area contributed by atoms with E-state index in [2.05, 4.69) is 15.5 Å². The first-order chi connectivity index (χ1) is 12.5. The van der Waals surface area contributed by atoms with Crippen LogP contribution in [0.2, 0.25) is 10.0 Å². The van der Waals surface area contributed by atoms with Gasteiger partial charge in [0.2, 0.25) is 17.6 Å². The lowest BCUT2D eigenvalue weighted by atomic mass is 10.2. The van der Waals surface area contributed by atoms with E-state index in [-0.39, 0.29) is 11.7 Å². The number of thioether (sulfide) groups is 1. The number of benzene rings is 2. The molecule has 0 bridgehead atoms. The van der Waals surface area contributed by atoms with E-state index in [1.807, 2.05) is 25.1 Å². The number of hydrogen-bond donors (Lipinski definition) is 1. The average molecular weight is 408 g/mol. The highest BCUT2D eigenvalue weighted by molar-refractivity contribution is 7.99. The summed E-state index contributed by atoms with van der Waals surface area (Å²) < 4.78 is 5.21. The number of rotatable bonds is 6. The molecule has 0 saturated carbocycles. The van der Waals surface area contributed by atoms with E-state index in [1.165, 1.54) is 11.8 Å². The number of halogens is 2. The lowest BCUT2D eigenvalue weighted by Crippen LogP contribution is -2.14. The smallest absolute Gasteiger partial charge is 0.236 e. The highest BCUT2D eigenvalue weighted by Gasteiger charge is 2.11. The maximum Gasteiger partial charge on any atom is 0.236 e. The molecule has 0 spiro atoms. The van der Waals surface area contributed by atoms with Crippen molar-refractivity contribution < 1.29 is 9.32 Å². The van der Waals surface area contributed by atoms with Gasteiger partial charge in [0, 0.05) is 10.6 Å². The summed E-state index contributed by atoms with van der Waals surface area (Å²) in [6.07, 6.45) is 0. The predicted molar refractivity (Wildman–Crippen MR) is 106 cm³/mol. The Labute approximate surface area is 165 Å². The van der Waals surface area contributed by atoms with E-state index in [4.69, 9.17) is 27.7 Å². The van der Waals surface area contributed by atoms with Crippen molar-refractivity contribution in [2.45, 2.75) is 12.7 Å². The van der Waals surface area contributed by atoms with Gasteiger partial charge in [0.05, 0.1) is 22.2 Å². The quantitative estimate of drug-likeness (QED) is 0.606. The molecule has 0 aliphatic heterocycles. The van der Waals surface area contributed by atoms with Gasteiger partial charge in [0.1, 0.15) is 0 Å². The Balaban J connectivity index is 1.50. The Morgan fingerprint density at radius 1 is 1.19 bits per heavy atom. The monoisotopic (exact) mass is 407 g/mol. The van der Waals surface area contributed by atoms with Crippen molar-refractivity contribution in [1.82, 2.24) is 10.1 Å². The van der Waals surface area contributed by atoms with E-state index < -0.39 is 0 Å². The summed E-state index contributed by atoms with van der Waals surface area (Å²) in [6, 6.07) is 12.7. The van der Waals surface area contributed by atoms with Crippen molar-refractivity contribution in [1.29, 1.82) is 0 Å². The Kier molecular flexibility index (Phi) is 6.19. The summed E-state index contributed by atoms with van der Waals surface area (Å²) in [7, 11) is 0. The minimum atomic E-state index is -0.141. The van der Waals surface area contributed by atoms with Crippen LogP contribution < -0.4 is 5.32 Å². The van der Waals surface area contributed by atoms with Crippen LogP contribution in [0.25, 0.3) is 11.4 Å². The van der Waals surface area contributed by atoms with E-state index >= 15 is 0 Å². The van der Waals surface area contributed by atoms with Crippen molar-refractivity contribution in [3.63, 3.8) is 0 Å². The van der Waals surface area contributed by atoms with Crippen LogP contribution in [0.15, 0.2) is 47.0 Å². The standard InChI is InChI=1S/C18H15Cl2N3O2S/c1-11-2-7-15(14(20)8-11)21-16(24)9-26-10-17-22-18(23-25-17)12-3-5-13(19)6-4-12/h2-8H,9-10H2,1H3,(H,21,24). The van der Waals surface area contributed by atoms with Gasteiger partial charge in [-0.3, -0.25) is 4.79 Å². The van der Waals surface area contributed by atoms with Crippen LogP contribution in [0.3, 0.4) is 0 Å². The molecule has 0 aliphatic carbocycles. The number of carbonyl (C=O) groups is 1. The first kappa shape index (κ1) is 18.8. The minimum absolute atomic E-state index is 0.141. The van der Waals surface area contributed by atoms with Crippen LogP contribution in [0.5, 0.6) is 0 Å². The SMILES string of the molecule is Cc1ccc(NC(=O)CSCc2nc(-c3ccc(Cl)cc3)no2)c(Cl)c1. The Morgan fingerprint density at radius 2 is 1.96 bits per heavy atom. The molecule has 26 heavy (non-hydrogen) atoms. The normalized spacial score (nSPS) is 10.7. The molecule has 1 heterocycles. The highest BCUT2D eigenvalue weighted by atomic mass is 35.5. The molecule has 1 amide bonds. The fourth-order valence-electron chi connectivity index (χ4n) is 2.17. The van der Waals surface area contributed by atoms with Crippen LogP contribution in [-0.4, -0.2) is 21.8 Å². The molecule has 1 N–H and O–H groups in total. The molecular formula is C18H15Cl2N3O2S. The van der Waals surface area contributed by atoms with Gasteiger partial charge in [0.25, 0.3) is 0 Å². The predicted octanol–water partition coefficient (Wildman–Crippen LogP) is 5.22. The molecule has 0 aliphatic rings. The van der Waals surface area contributed by atoms with Crippen molar-refractivity contribution in [2.75, 3.05) is 11.1 Å². The largest absolute Gasteiger partial charge is 0.338 e. The average Bonchev–Trinajstić information content (AvgIpc) is 3.07. The fraction of sp³-hybridized carbons (Fsp3) is 0.167. The van der Waals surface area contributed by atoms with Crippen LogP contribution in [0.4, 0.5) is 5.69 Å². The molecule has 3 rings (SSSR count). The molecule has 2 aromatic carbocycles. The summed E-state index contributed by atoms with van der Waals surface area (Å²) in [5.74, 6) is 1.51. The van der Waals surface area contributed by atoms with Gasteiger partial charge in [-0.05, 0) is 48.9 Å². The molecule has 0 atom stereocenters. The van der Waals surface area contributed by atoms with Crippen molar-refractivity contribution in [2.24, 2.45) is 0 Å². The maximum atomic E-state index is 12.0. The number of nitrogens with zero attached hydrogens (tertiary/aromatic N) is 2. The first-order valence-corrected chi connectivity index (χ1v) is 9.64. The van der Waals surface area contributed by atoms with Gasteiger partial charge in [0.15, 0.2) is 0 Å². The van der Waals surface area contributed by atoms with E-state index in [0.717, 1.165) is 11.1 Å². The van der Waals surface area contributed by atoms with Gasteiger partial charge >= 0.3 is 0 Å². The molecular weight excluding hydrogens is 393 g/mol. The van der Waals surface area contributed by atoms with Crippen molar-refractivity contribution in [3.8, 4) is 11.4 Å². The third-order valence-electron chi connectivity index (χ3n) is 3.43.